The normalized spacial score (nSPS) is 16.2. The highest BCUT2D eigenvalue weighted by atomic mass is 32.1. The molecule has 0 saturated carbocycles. The van der Waals surface area contributed by atoms with Crippen LogP contribution >= 0.6 is 19.9 Å². The highest BCUT2D eigenvalue weighted by Gasteiger charge is 2.07. The largest absolute Gasteiger partial charge is 0.316 e. The van der Waals surface area contributed by atoms with Gasteiger partial charge in [-0.05, 0) is 17.1 Å². The summed E-state index contributed by atoms with van der Waals surface area (Å²) in [5, 5.41) is 0. The molecule has 8 heavy (non-hydrogen) atoms. The summed E-state index contributed by atoms with van der Waals surface area (Å²) >= 11 is 3.71. The first-order chi connectivity index (χ1) is 3.62. The predicted molar refractivity (Wildman–Crippen MR) is 36.5 cm³/mol. The summed E-state index contributed by atoms with van der Waals surface area (Å²) in [7, 11) is -2.60. The number of hydrogen-bond donors (Lipinski definition) is 1. The van der Waals surface area contributed by atoms with Crippen LogP contribution in [-0.2, 0) is 4.57 Å². The average molecular weight is 151 g/mol. The van der Waals surface area contributed by atoms with Crippen molar-refractivity contribution in [1.29, 1.82) is 0 Å². The van der Waals surface area contributed by atoms with E-state index in [9.17, 15) is 4.57 Å². The fraction of sp³-hybridized carbons (Fsp3) is 1.00. The van der Waals surface area contributed by atoms with Crippen LogP contribution in [0.5, 0.6) is 0 Å². The van der Waals surface area contributed by atoms with E-state index >= 15 is 0 Å². The molecule has 0 aliphatic carbocycles. The van der Waals surface area contributed by atoms with Crippen molar-refractivity contribution >= 4 is 19.9 Å². The second-order valence-electron chi connectivity index (χ2n) is 1.37. The molecule has 0 amide bonds. The first-order valence-electron chi connectivity index (χ1n) is 1.86. The highest BCUT2D eigenvalue weighted by molar-refractivity contribution is 7.90. The van der Waals surface area contributed by atoms with Crippen molar-refractivity contribution in [3.63, 3.8) is 0 Å². The quantitative estimate of drug-likeness (QED) is 0.212. The van der Waals surface area contributed by atoms with E-state index in [0.717, 1.165) is 0 Å². The van der Waals surface area contributed by atoms with Crippen LogP contribution in [0.25, 0.3) is 10.4 Å². The van der Waals surface area contributed by atoms with Gasteiger partial charge >= 0.3 is 0 Å². The second-order valence-corrected chi connectivity index (χ2v) is 4.78. The smallest absolute Gasteiger partial charge is 0.179 e. The number of azide groups is 1. The minimum atomic E-state index is -2.60. The van der Waals surface area contributed by atoms with E-state index in [0.29, 0.717) is 0 Å². The maximum atomic E-state index is 10.7. The van der Waals surface area contributed by atoms with E-state index in [1.807, 2.05) is 0 Å². The third-order valence-corrected chi connectivity index (χ3v) is 3.05. The average Bonchev–Trinajstić information content (AvgIpc) is 1.67. The van der Waals surface area contributed by atoms with Crippen LogP contribution in [0, 0.1) is 0 Å². The Kier molecular flexibility index (Phi) is 2.98. The molecule has 0 aliphatic rings. The van der Waals surface area contributed by atoms with Crippen molar-refractivity contribution in [1.82, 2.24) is 0 Å². The fourth-order valence-corrected chi connectivity index (χ4v) is 0.508. The Hall–Kier alpha value is -0.110. The molecule has 0 saturated heterocycles. The van der Waals surface area contributed by atoms with Gasteiger partial charge in [0, 0.05) is 10.4 Å². The number of nitrogens with zero attached hydrogens (tertiary/aromatic N) is 3. The SMILES string of the molecule is CP(=O)(CS)N=[N+]=[N-]. The highest BCUT2D eigenvalue weighted by Crippen LogP contribution is 2.43. The van der Waals surface area contributed by atoms with Crippen LogP contribution in [0.15, 0.2) is 4.88 Å². The van der Waals surface area contributed by atoms with Crippen molar-refractivity contribution in [2.45, 2.75) is 0 Å². The molecule has 0 spiro atoms. The first-order valence-corrected chi connectivity index (χ1v) is 4.79. The summed E-state index contributed by atoms with van der Waals surface area (Å²) in [5.74, 6) is 0. The van der Waals surface area contributed by atoms with E-state index < -0.39 is 7.29 Å². The van der Waals surface area contributed by atoms with Gasteiger partial charge in [-0.15, -0.1) is 0 Å². The summed E-state index contributed by atoms with van der Waals surface area (Å²) in [4.78, 5) is 5.43. The summed E-state index contributed by atoms with van der Waals surface area (Å²) in [6, 6.07) is 0. The summed E-state index contributed by atoms with van der Waals surface area (Å²) in [6.45, 7) is 1.39. The molecule has 0 aromatic carbocycles. The summed E-state index contributed by atoms with van der Waals surface area (Å²) in [5.41, 5.74) is 7.92. The van der Waals surface area contributed by atoms with Gasteiger partial charge in [0.25, 0.3) is 0 Å². The lowest BCUT2D eigenvalue weighted by Crippen LogP contribution is -1.69. The zero-order valence-corrected chi connectivity index (χ0v) is 6.14. The Labute approximate surface area is 52.7 Å². The first kappa shape index (κ1) is 7.89. The zero-order chi connectivity index (χ0) is 6.62. The molecule has 0 aromatic rings. The lowest BCUT2D eigenvalue weighted by Gasteiger charge is -1.95. The van der Waals surface area contributed by atoms with Crippen molar-refractivity contribution < 1.29 is 4.57 Å². The molecule has 0 radical (unpaired) electrons. The zero-order valence-electron chi connectivity index (χ0n) is 4.35. The molecule has 0 aromatic heterocycles. The minimum absolute atomic E-state index is 0.136. The standard InChI is InChI=1S/C2H6N3OPS/c1-7(6,2-8)5-4-3/h8H,2H2,1H3. The van der Waals surface area contributed by atoms with Gasteiger partial charge in [0.2, 0.25) is 0 Å². The number of hydrogen-bond acceptors (Lipinski definition) is 2. The Morgan fingerprint density at radius 1 is 2.00 bits per heavy atom. The van der Waals surface area contributed by atoms with Crippen LogP contribution in [0.4, 0.5) is 0 Å². The maximum absolute atomic E-state index is 10.7. The molecule has 1 unspecified atom stereocenters. The van der Waals surface area contributed by atoms with Crippen LogP contribution in [0.1, 0.15) is 0 Å². The Bertz CT molecular complexity index is 163. The van der Waals surface area contributed by atoms with E-state index in [-0.39, 0.29) is 5.49 Å². The monoisotopic (exact) mass is 151 g/mol. The number of rotatable bonds is 2. The molecule has 0 heterocycles. The Balaban J connectivity index is 4.14. The third-order valence-electron chi connectivity index (χ3n) is 0.492. The molecule has 1 atom stereocenters. The molecule has 0 fully saturated rings. The third kappa shape index (κ3) is 2.97. The van der Waals surface area contributed by atoms with Crippen molar-refractivity contribution in [3.05, 3.63) is 10.4 Å². The van der Waals surface area contributed by atoms with Gasteiger partial charge in [-0.2, -0.15) is 12.6 Å². The van der Waals surface area contributed by atoms with Gasteiger partial charge in [-0.1, -0.05) is 0 Å². The van der Waals surface area contributed by atoms with Crippen LogP contribution in [-0.4, -0.2) is 12.2 Å². The van der Waals surface area contributed by atoms with Crippen molar-refractivity contribution in [2.24, 2.45) is 4.88 Å². The minimum Gasteiger partial charge on any atom is -0.316 e. The van der Waals surface area contributed by atoms with Crippen LogP contribution in [0.3, 0.4) is 0 Å². The lowest BCUT2D eigenvalue weighted by atomic mass is 11.9. The van der Waals surface area contributed by atoms with Gasteiger partial charge in [0.1, 0.15) is 0 Å². The topological polar surface area (TPSA) is 65.8 Å². The molecule has 0 N–H and O–H groups in total. The van der Waals surface area contributed by atoms with Crippen molar-refractivity contribution in [3.8, 4) is 0 Å². The van der Waals surface area contributed by atoms with Gasteiger partial charge in [-0.3, -0.25) is 0 Å². The molecular formula is C2H6N3OPS. The van der Waals surface area contributed by atoms with Crippen LogP contribution < -0.4 is 0 Å². The summed E-state index contributed by atoms with van der Waals surface area (Å²) in [6.07, 6.45) is 0. The van der Waals surface area contributed by atoms with Gasteiger partial charge in [-0.25, -0.2) is 0 Å². The molecule has 0 rings (SSSR count). The summed E-state index contributed by atoms with van der Waals surface area (Å²) < 4.78 is 10.7. The molecule has 46 valence electrons. The van der Waals surface area contributed by atoms with Crippen molar-refractivity contribution in [2.75, 3.05) is 12.2 Å². The van der Waals surface area contributed by atoms with E-state index in [1.54, 1.807) is 0 Å². The van der Waals surface area contributed by atoms with E-state index in [2.05, 4.69) is 22.4 Å². The van der Waals surface area contributed by atoms with E-state index in [4.69, 9.17) is 5.53 Å². The van der Waals surface area contributed by atoms with Crippen LogP contribution in [0.2, 0.25) is 0 Å². The number of thiol groups is 1. The molecule has 0 bridgehead atoms. The Morgan fingerprint density at radius 3 is 2.62 bits per heavy atom. The molecular weight excluding hydrogens is 145 g/mol. The Morgan fingerprint density at radius 2 is 2.50 bits per heavy atom. The predicted octanol–water partition coefficient (Wildman–Crippen LogP) is 2.09. The molecule has 0 aliphatic heterocycles. The van der Waals surface area contributed by atoms with Gasteiger partial charge in [0.15, 0.2) is 7.29 Å². The second kappa shape index (κ2) is 3.02. The van der Waals surface area contributed by atoms with Gasteiger partial charge < -0.3 is 4.57 Å². The molecule has 4 nitrogen and oxygen atoms in total. The lowest BCUT2D eigenvalue weighted by molar-refractivity contribution is 0.582. The maximum Gasteiger partial charge on any atom is 0.179 e. The molecule has 6 heteroatoms. The van der Waals surface area contributed by atoms with Gasteiger partial charge in [0.05, 0.1) is 0 Å². The van der Waals surface area contributed by atoms with E-state index in [1.165, 1.54) is 6.66 Å². The fourth-order valence-electron chi connectivity index (χ4n) is 0.113.